The number of para-hydroxylation sites is 1. The molecule has 0 aliphatic carbocycles. The lowest BCUT2D eigenvalue weighted by molar-refractivity contribution is -0.136. The summed E-state index contributed by atoms with van der Waals surface area (Å²) in [4.78, 5) is 35.4. The normalized spacial score (nSPS) is 14.0. The second-order valence-corrected chi connectivity index (χ2v) is 6.56. The minimum absolute atomic E-state index is 0.0962. The van der Waals surface area contributed by atoms with E-state index in [1.54, 1.807) is 23.1 Å². The average Bonchev–Trinajstić information content (AvgIpc) is 2.67. The number of rotatable bonds is 5. The number of anilines is 1. The molecule has 0 saturated carbocycles. The second kappa shape index (κ2) is 8.55. The number of aromatic hydroxyl groups is 1. The van der Waals surface area contributed by atoms with E-state index >= 15 is 0 Å². The number of phenolic OH excluding ortho intramolecular Hbond substituents is 1. The van der Waals surface area contributed by atoms with Crippen molar-refractivity contribution in [2.75, 3.05) is 37.6 Å². The first-order chi connectivity index (χ1) is 13.4. The number of aryl methyl sites for hydroxylation is 1. The number of hydrogen-bond donors (Lipinski definition) is 3. The van der Waals surface area contributed by atoms with Crippen molar-refractivity contribution in [2.24, 2.45) is 0 Å². The Morgan fingerprint density at radius 3 is 2.54 bits per heavy atom. The van der Waals surface area contributed by atoms with Gasteiger partial charge >= 0.3 is 12.0 Å². The smallest absolute Gasteiger partial charge is 0.317 e. The standard InChI is InChI=1S/C19H23N5O4/c1-13-12-16(22-18(21-13)14-4-2-3-5-15(14)25)23-8-10-24(11-9-23)19(28)20-7-6-17(26)27/h2-5,12,25H,6-11H2,1H3,(H,20,28)(H,26,27). The van der Waals surface area contributed by atoms with Crippen LogP contribution in [0.1, 0.15) is 12.1 Å². The van der Waals surface area contributed by atoms with E-state index in [4.69, 9.17) is 5.11 Å². The van der Waals surface area contributed by atoms with Crippen molar-refractivity contribution < 1.29 is 19.8 Å². The van der Waals surface area contributed by atoms with Crippen LogP contribution in [0.5, 0.6) is 5.75 Å². The number of nitrogens with zero attached hydrogens (tertiary/aromatic N) is 4. The Balaban J connectivity index is 1.65. The van der Waals surface area contributed by atoms with Crippen LogP contribution in [0.3, 0.4) is 0 Å². The van der Waals surface area contributed by atoms with Crippen molar-refractivity contribution in [3.63, 3.8) is 0 Å². The molecule has 1 aromatic heterocycles. The van der Waals surface area contributed by atoms with Gasteiger partial charge in [0, 0.05) is 44.5 Å². The van der Waals surface area contributed by atoms with Gasteiger partial charge in [-0.2, -0.15) is 0 Å². The Labute approximate surface area is 162 Å². The first-order valence-corrected chi connectivity index (χ1v) is 9.07. The third kappa shape index (κ3) is 4.67. The third-order valence-corrected chi connectivity index (χ3v) is 4.49. The van der Waals surface area contributed by atoms with E-state index in [0.29, 0.717) is 37.6 Å². The summed E-state index contributed by atoms with van der Waals surface area (Å²) in [5.41, 5.74) is 1.36. The highest BCUT2D eigenvalue weighted by Gasteiger charge is 2.22. The quantitative estimate of drug-likeness (QED) is 0.713. The third-order valence-electron chi connectivity index (χ3n) is 4.49. The molecule has 0 unspecified atom stereocenters. The zero-order valence-corrected chi connectivity index (χ0v) is 15.6. The highest BCUT2D eigenvalue weighted by Crippen LogP contribution is 2.27. The number of aliphatic carboxylic acids is 1. The largest absolute Gasteiger partial charge is 0.507 e. The molecule has 1 fully saturated rings. The van der Waals surface area contributed by atoms with E-state index in [-0.39, 0.29) is 24.7 Å². The number of hydrogen-bond acceptors (Lipinski definition) is 6. The highest BCUT2D eigenvalue weighted by molar-refractivity contribution is 5.75. The van der Waals surface area contributed by atoms with E-state index < -0.39 is 5.97 Å². The fraction of sp³-hybridized carbons (Fsp3) is 0.368. The van der Waals surface area contributed by atoms with Gasteiger partial charge in [0.05, 0.1) is 12.0 Å². The average molecular weight is 385 g/mol. The number of nitrogens with one attached hydrogen (secondary N) is 1. The van der Waals surface area contributed by atoms with Gasteiger partial charge in [0.2, 0.25) is 0 Å². The number of carboxylic acid groups (broad SMARTS) is 1. The minimum atomic E-state index is -0.940. The fourth-order valence-corrected chi connectivity index (χ4v) is 3.02. The van der Waals surface area contributed by atoms with Crippen molar-refractivity contribution in [1.82, 2.24) is 20.2 Å². The zero-order chi connectivity index (χ0) is 20.1. The number of benzene rings is 1. The van der Waals surface area contributed by atoms with Crippen molar-refractivity contribution in [1.29, 1.82) is 0 Å². The molecular weight excluding hydrogens is 362 g/mol. The van der Waals surface area contributed by atoms with Crippen LogP contribution in [0, 0.1) is 6.92 Å². The molecule has 2 amide bonds. The summed E-state index contributed by atoms with van der Waals surface area (Å²) in [6.45, 7) is 4.21. The van der Waals surface area contributed by atoms with Crippen molar-refractivity contribution in [3.05, 3.63) is 36.0 Å². The topological polar surface area (TPSA) is 119 Å². The van der Waals surface area contributed by atoms with E-state index in [2.05, 4.69) is 20.2 Å². The molecule has 2 heterocycles. The van der Waals surface area contributed by atoms with Crippen LogP contribution in [0.2, 0.25) is 0 Å². The lowest BCUT2D eigenvalue weighted by atomic mass is 10.2. The lowest BCUT2D eigenvalue weighted by Gasteiger charge is -2.35. The van der Waals surface area contributed by atoms with Crippen LogP contribution in [-0.4, -0.2) is 69.8 Å². The lowest BCUT2D eigenvalue weighted by Crippen LogP contribution is -2.52. The van der Waals surface area contributed by atoms with Gasteiger partial charge in [-0.1, -0.05) is 12.1 Å². The van der Waals surface area contributed by atoms with Gasteiger partial charge in [0.25, 0.3) is 0 Å². The van der Waals surface area contributed by atoms with Crippen LogP contribution < -0.4 is 10.2 Å². The molecule has 3 N–H and O–H groups in total. The van der Waals surface area contributed by atoms with Crippen LogP contribution in [0.25, 0.3) is 11.4 Å². The SMILES string of the molecule is Cc1cc(N2CCN(C(=O)NCCC(=O)O)CC2)nc(-c2ccccc2O)n1. The molecular formula is C19H23N5O4. The van der Waals surface area contributed by atoms with Crippen molar-refractivity contribution >= 4 is 17.8 Å². The number of piperazine rings is 1. The molecule has 0 atom stereocenters. The van der Waals surface area contributed by atoms with Gasteiger partial charge in [0.1, 0.15) is 11.6 Å². The summed E-state index contributed by atoms with van der Waals surface area (Å²) in [7, 11) is 0. The molecule has 1 aliphatic heterocycles. The number of phenols is 1. The fourth-order valence-electron chi connectivity index (χ4n) is 3.02. The van der Waals surface area contributed by atoms with Crippen molar-refractivity contribution in [2.45, 2.75) is 13.3 Å². The maximum Gasteiger partial charge on any atom is 0.317 e. The van der Waals surface area contributed by atoms with Gasteiger partial charge in [0.15, 0.2) is 5.82 Å². The Kier molecular flexibility index (Phi) is 5.93. The summed E-state index contributed by atoms with van der Waals surface area (Å²) in [6, 6.07) is 8.56. The van der Waals surface area contributed by atoms with Crippen molar-refractivity contribution in [3.8, 4) is 17.1 Å². The number of amides is 2. The number of carbonyl (C=O) groups excluding carboxylic acids is 1. The number of carbonyl (C=O) groups is 2. The van der Waals surface area contributed by atoms with Crippen LogP contribution in [0.15, 0.2) is 30.3 Å². The number of aromatic nitrogens is 2. The molecule has 9 nitrogen and oxygen atoms in total. The molecule has 9 heteroatoms. The Morgan fingerprint density at radius 1 is 1.14 bits per heavy atom. The van der Waals surface area contributed by atoms with Crippen LogP contribution in [0.4, 0.5) is 10.6 Å². The Bertz CT molecular complexity index is 865. The summed E-state index contributed by atoms with van der Waals surface area (Å²) >= 11 is 0. The molecule has 0 radical (unpaired) electrons. The summed E-state index contributed by atoms with van der Waals surface area (Å²) in [6.07, 6.45) is -0.0962. The number of carboxylic acids is 1. The maximum atomic E-state index is 12.1. The zero-order valence-electron chi connectivity index (χ0n) is 15.6. The summed E-state index contributed by atoms with van der Waals surface area (Å²) < 4.78 is 0. The predicted molar refractivity (Wildman–Crippen MR) is 103 cm³/mol. The highest BCUT2D eigenvalue weighted by atomic mass is 16.4. The van der Waals surface area contributed by atoms with Gasteiger partial charge < -0.3 is 25.3 Å². The Hall–Kier alpha value is -3.36. The minimum Gasteiger partial charge on any atom is -0.507 e. The molecule has 3 rings (SSSR count). The van der Waals surface area contributed by atoms with E-state index in [1.807, 2.05) is 19.1 Å². The van der Waals surface area contributed by atoms with E-state index in [0.717, 1.165) is 11.5 Å². The molecule has 1 aromatic carbocycles. The summed E-state index contributed by atoms with van der Waals surface area (Å²) in [5.74, 6) is 0.394. The number of urea groups is 1. The van der Waals surface area contributed by atoms with Crippen LogP contribution in [-0.2, 0) is 4.79 Å². The van der Waals surface area contributed by atoms with E-state index in [1.165, 1.54) is 0 Å². The molecule has 148 valence electrons. The molecule has 1 saturated heterocycles. The molecule has 0 bridgehead atoms. The van der Waals surface area contributed by atoms with Gasteiger partial charge in [-0.05, 0) is 19.1 Å². The second-order valence-electron chi connectivity index (χ2n) is 6.56. The first-order valence-electron chi connectivity index (χ1n) is 9.07. The molecule has 1 aliphatic rings. The molecule has 2 aromatic rings. The monoisotopic (exact) mass is 385 g/mol. The first kappa shape index (κ1) is 19.4. The molecule has 0 spiro atoms. The maximum absolute atomic E-state index is 12.1. The van der Waals surface area contributed by atoms with E-state index in [9.17, 15) is 14.7 Å². The Morgan fingerprint density at radius 2 is 1.86 bits per heavy atom. The predicted octanol–water partition coefficient (Wildman–Crippen LogP) is 1.46. The molecule has 28 heavy (non-hydrogen) atoms. The summed E-state index contributed by atoms with van der Waals surface area (Å²) in [5, 5.41) is 21.3. The van der Waals surface area contributed by atoms with Gasteiger partial charge in [-0.3, -0.25) is 4.79 Å². The van der Waals surface area contributed by atoms with Gasteiger partial charge in [-0.15, -0.1) is 0 Å². The van der Waals surface area contributed by atoms with Crippen LogP contribution >= 0.6 is 0 Å². The van der Waals surface area contributed by atoms with Gasteiger partial charge in [-0.25, -0.2) is 14.8 Å².